The standard InChI is InChI=1S/C12H16ClNO3/c1-7-3-4-10(13)9(5-7)12(17)11(16)6-14-8(2)15/h3-5,11-12,16-17H,6H2,1-2H3,(H,14,15). The van der Waals surface area contributed by atoms with Crippen molar-refractivity contribution < 1.29 is 15.0 Å². The number of amides is 1. The van der Waals surface area contributed by atoms with Crippen molar-refractivity contribution in [2.45, 2.75) is 26.1 Å². The summed E-state index contributed by atoms with van der Waals surface area (Å²) in [4.78, 5) is 10.7. The lowest BCUT2D eigenvalue weighted by atomic mass is 10.0. The first-order valence-electron chi connectivity index (χ1n) is 5.28. The van der Waals surface area contributed by atoms with Gasteiger partial charge in [0.2, 0.25) is 5.91 Å². The van der Waals surface area contributed by atoms with Gasteiger partial charge in [0.1, 0.15) is 12.2 Å². The van der Waals surface area contributed by atoms with Crippen LogP contribution >= 0.6 is 11.6 Å². The molecule has 0 spiro atoms. The highest BCUT2D eigenvalue weighted by Crippen LogP contribution is 2.26. The van der Waals surface area contributed by atoms with Crippen molar-refractivity contribution >= 4 is 17.5 Å². The Labute approximate surface area is 105 Å². The summed E-state index contributed by atoms with van der Waals surface area (Å²) >= 11 is 5.94. The van der Waals surface area contributed by atoms with E-state index in [1.165, 1.54) is 6.92 Å². The van der Waals surface area contributed by atoms with Gasteiger partial charge >= 0.3 is 0 Å². The van der Waals surface area contributed by atoms with E-state index >= 15 is 0 Å². The minimum absolute atomic E-state index is 0.0131. The van der Waals surface area contributed by atoms with Crippen LogP contribution in [0, 0.1) is 6.92 Å². The van der Waals surface area contributed by atoms with Crippen molar-refractivity contribution in [1.29, 1.82) is 0 Å². The molecular formula is C12H16ClNO3. The quantitative estimate of drug-likeness (QED) is 0.759. The number of hydrogen-bond acceptors (Lipinski definition) is 3. The van der Waals surface area contributed by atoms with E-state index in [0.29, 0.717) is 10.6 Å². The molecule has 0 aromatic heterocycles. The largest absolute Gasteiger partial charge is 0.388 e. The Morgan fingerprint density at radius 3 is 2.71 bits per heavy atom. The van der Waals surface area contributed by atoms with E-state index in [1.54, 1.807) is 12.1 Å². The fourth-order valence-corrected chi connectivity index (χ4v) is 1.69. The van der Waals surface area contributed by atoms with Crippen LogP contribution in [0.25, 0.3) is 0 Å². The fourth-order valence-electron chi connectivity index (χ4n) is 1.46. The molecule has 0 saturated carbocycles. The number of aryl methyl sites for hydroxylation is 1. The number of rotatable bonds is 4. The van der Waals surface area contributed by atoms with Gasteiger partial charge in [-0.05, 0) is 13.0 Å². The minimum atomic E-state index is -1.12. The summed E-state index contributed by atoms with van der Waals surface area (Å²) in [5.74, 6) is -0.258. The van der Waals surface area contributed by atoms with Gasteiger partial charge in [-0.25, -0.2) is 0 Å². The van der Waals surface area contributed by atoms with E-state index in [1.807, 2.05) is 13.0 Å². The molecule has 0 aliphatic carbocycles. The number of carbonyl (C=O) groups excluding carboxylic acids is 1. The molecule has 0 saturated heterocycles. The highest BCUT2D eigenvalue weighted by molar-refractivity contribution is 6.31. The van der Waals surface area contributed by atoms with Gasteiger partial charge in [-0.15, -0.1) is 0 Å². The van der Waals surface area contributed by atoms with Gasteiger partial charge in [0.25, 0.3) is 0 Å². The second kappa shape index (κ2) is 6.00. The van der Waals surface area contributed by atoms with E-state index in [0.717, 1.165) is 5.56 Å². The molecule has 0 radical (unpaired) electrons. The molecule has 1 aromatic carbocycles. The van der Waals surface area contributed by atoms with Crippen LogP contribution in [0.2, 0.25) is 5.02 Å². The Morgan fingerprint density at radius 2 is 2.12 bits per heavy atom. The maximum atomic E-state index is 10.7. The summed E-state index contributed by atoms with van der Waals surface area (Å²) in [5.41, 5.74) is 1.40. The highest BCUT2D eigenvalue weighted by atomic mass is 35.5. The lowest BCUT2D eigenvalue weighted by molar-refractivity contribution is -0.119. The monoisotopic (exact) mass is 257 g/mol. The second-order valence-corrected chi connectivity index (χ2v) is 4.38. The van der Waals surface area contributed by atoms with Gasteiger partial charge in [0.15, 0.2) is 0 Å². The second-order valence-electron chi connectivity index (χ2n) is 3.97. The number of aliphatic hydroxyl groups excluding tert-OH is 2. The molecular weight excluding hydrogens is 242 g/mol. The van der Waals surface area contributed by atoms with Crippen LogP contribution in [-0.4, -0.2) is 28.8 Å². The lowest BCUT2D eigenvalue weighted by Crippen LogP contribution is -2.34. The van der Waals surface area contributed by atoms with Crippen molar-refractivity contribution in [3.8, 4) is 0 Å². The molecule has 0 fully saturated rings. The topological polar surface area (TPSA) is 69.6 Å². The van der Waals surface area contributed by atoms with Crippen LogP contribution in [0.5, 0.6) is 0 Å². The SMILES string of the molecule is CC(=O)NCC(O)C(O)c1cc(C)ccc1Cl. The first-order chi connectivity index (χ1) is 7.91. The molecule has 0 heterocycles. The predicted molar refractivity (Wildman–Crippen MR) is 65.8 cm³/mol. The minimum Gasteiger partial charge on any atom is -0.388 e. The van der Waals surface area contributed by atoms with Crippen LogP contribution in [0.4, 0.5) is 0 Å². The molecule has 2 unspecified atom stereocenters. The van der Waals surface area contributed by atoms with E-state index < -0.39 is 12.2 Å². The molecule has 0 aliphatic rings. The zero-order valence-corrected chi connectivity index (χ0v) is 10.5. The average Bonchev–Trinajstić information content (AvgIpc) is 2.28. The Kier molecular flexibility index (Phi) is 4.93. The number of nitrogens with one attached hydrogen (secondary N) is 1. The third-order valence-electron chi connectivity index (χ3n) is 2.39. The Bertz CT molecular complexity index is 409. The van der Waals surface area contributed by atoms with Gasteiger partial charge < -0.3 is 15.5 Å². The molecule has 17 heavy (non-hydrogen) atoms. The number of aliphatic hydroxyl groups is 2. The van der Waals surface area contributed by atoms with E-state index in [2.05, 4.69) is 5.32 Å². The van der Waals surface area contributed by atoms with Gasteiger partial charge in [-0.2, -0.15) is 0 Å². The molecule has 94 valence electrons. The molecule has 1 aromatic rings. The normalized spacial score (nSPS) is 14.2. The van der Waals surface area contributed by atoms with Crippen molar-refractivity contribution in [2.24, 2.45) is 0 Å². The molecule has 0 aliphatic heterocycles. The Balaban J connectivity index is 2.77. The van der Waals surface area contributed by atoms with E-state index in [4.69, 9.17) is 11.6 Å². The summed E-state index contributed by atoms with van der Waals surface area (Å²) in [5, 5.41) is 22.5. The predicted octanol–water partition coefficient (Wildman–Crippen LogP) is 1.18. The third kappa shape index (κ3) is 4.00. The Hall–Kier alpha value is -1.10. The first-order valence-corrected chi connectivity index (χ1v) is 5.66. The van der Waals surface area contributed by atoms with Crippen molar-refractivity contribution in [1.82, 2.24) is 5.32 Å². The summed E-state index contributed by atoms with van der Waals surface area (Å²) in [7, 11) is 0. The van der Waals surface area contributed by atoms with Gasteiger partial charge in [-0.3, -0.25) is 4.79 Å². The van der Waals surface area contributed by atoms with Crippen molar-refractivity contribution in [3.05, 3.63) is 34.3 Å². The summed E-state index contributed by atoms with van der Waals surface area (Å²) in [6.07, 6.45) is -2.20. The third-order valence-corrected chi connectivity index (χ3v) is 2.74. The lowest BCUT2D eigenvalue weighted by Gasteiger charge is -2.19. The van der Waals surface area contributed by atoms with Crippen LogP contribution in [-0.2, 0) is 4.79 Å². The molecule has 5 heteroatoms. The maximum Gasteiger partial charge on any atom is 0.216 e. The van der Waals surface area contributed by atoms with Gasteiger partial charge in [0, 0.05) is 24.1 Å². The summed E-state index contributed by atoms with van der Waals surface area (Å²) in [6, 6.07) is 5.20. The van der Waals surface area contributed by atoms with Crippen LogP contribution in [0.15, 0.2) is 18.2 Å². The summed E-state index contributed by atoms with van der Waals surface area (Å²) < 4.78 is 0. The molecule has 3 N–H and O–H groups in total. The molecule has 4 nitrogen and oxygen atoms in total. The van der Waals surface area contributed by atoms with E-state index in [-0.39, 0.29) is 12.5 Å². The zero-order chi connectivity index (χ0) is 13.0. The van der Waals surface area contributed by atoms with Crippen LogP contribution < -0.4 is 5.32 Å². The molecule has 1 rings (SSSR count). The number of carbonyl (C=O) groups is 1. The number of benzene rings is 1. The van der Waals surface area contributed by atoms with Crippen molar-refractivity contribution in [3.63, 3.8) is 0 Å². The Morgan fingerprint density at radius 1 is 1.47 bits per heavy atom. The number of halogens is 1. The smallest absolute Gasteiger partial charge is 0.216 e. The average molecular weight is 258 g/mol. The van der Waals surface area contributed by atoms with Gasteiger partial charge in [-0.1, -0.05) is 29.3 Å². The van der Waals surface area contributed by atoms with Crippen LogP contribution in [0.3, 0.4) is 0 Å². The molecule has 1 amide bonds. The van der Waals surface area contributed by atoms with Gasteiger partial charge in [0.05, 0.1) is 0 Å². The highest BCUT2D eigenvalue weighted by Gasteiger charge is 2.20. The zero-order valence-electron chi connectivity index (χ0n) is 9.77. The van der Waals surface area contributed by atoms with Crippen molar-refractivity contribution in [2.75, 3.05) is 6.54 Å². The fraction of sp³-hybridized carbons (Fsp3) is 0.417. The maximum absolute atomic E-state index is 10.7. The van der Waals surface area contributed by atoms with Crippen LogP contribution in [0.1, 0.15) is 24.2 Å². The molecule has 0 bridgehead atoms. The first kappa shape index (κ1) is 14.0. The number of hydrogen-bond donors (Lipinski definition) is 3. The summed E-state index contributed by atoms with van der Waals surface area (Å²) in [6.45, 7) is 3.20. The molecule has 2 atom stereocenters. The van der Waals surface area contributed by atoms with E-state index in [9.17, 15) is 15.0 Å².